The Kier molecular flexibility index (Phi) is 4.82. The lowest BCUT2D eigenvalue weighted by molar-refractivity contribution is 0.242. The molecule has 162 valence electrons. The van der Waals surface area contributed by atoms with Gasteiger partial charge in [-0.1, -0.05) is 5.16 Å². The molecule has 1 atom stereocenters. The Labute approximate surface area is 181 Å². The van der Waals surface area contributed by atoms with E-state index >= 15 is 0 Å². The number of methoxy groups -OCH3 is 1. The maximum Gasteiger partial charge on any atom is 0.243 e. The molecule has 1 aromatic carbocycles. The quantitative estimate of drug-likeness (QED) is 0.599. The van der Waals surface area contributed by atoms with Crippen LogP contribution in [0.4, 0.5) is 0 Å². The van der Waals surface area contributed by atoms with Crippen LogP contribution in [0.3, 0.4) is 0 Å². The highest BCUT2D eigenvalue weighted by atomic mass is 32.2. The fourth-order valence-corrected chi connectivity index (χ4v) is 6.23. The van der Waals surface area contributed by atoms with Crippen molar-refractivity contribution in [1.29, 1.82) is 0 Å². The van der Waals surface area contributed by atoms with E-state index in [9.17, 15) is 8.42 Å². The Morgan fingerprint density at radius 2 is 2.03 bits per heavy atom. The summed E-state index contributed by atoms with van der Waals surface area (Å²) in [5, 5.41) is 4.10. The molecule has 31 heavy (non-hydrogen) atoms. The Morgan fingerprint density at radius 3 is 2.71 bits per heavy atom. The molecular formula is C22H24N4O4S. The lowest BCUT2D eigenvalue weighted by Gasteiger charge is -2.32. The normalized spacial score (nSPS) is 20.6. The summed E-state index contributed by atoms with van der Waals surface area (Å²) in [4.78, 5) is 9.01. The van der Waals surface area contributed by atoms with Gasteiger partial charge in [-0.3, -0.25) is 4.98 Å². The van der Waals surface area contributed by atoms with Crippen molar-refractivity contribution >= 4 is 10.0 Å². The smallest absolute Gasteiger partial charge is 0.243 e. The first-order valence-electron chi connectivity index (χ1n) is 10.3. The maximum atomic E-state index is 13.2. The van der Waals surface area contributed by atoms with Crippen LogP contribution in [-0.2, 0) is 10.0 Å². The second kappa shape index (κ2) is 7.42. The lowest BCUT2D eigenvalue weighted by atomic mass is 9.92. The third-order valence-electron chi connectivity index (χ3n) is 6.57. The van der Waals surface area contributed by atoms with Gasteiger partial charge < -0.3 is 9.26 Å². The minimum atomic E-state index is -3.53. The Balaban J connectivity index is 1.28. The molecule has 0 radical (unpaired) electrons. The highest BCUT2D eigenvalue weighted by Crippen LogP contribution is 2.64. The van der Waals surface area contributed by atoms with Gasteiger partial charge in [0.1, 0.15) is 5.75 Å². The second-order valence-corrected chi connectivity index (χ2v) is 10.3. The fraction of sp³-hybridized carbons (Fsp3) is 0.409. The van der Waals surface area contributed by atoms with Crippen molar-refractivity contribution in [2.75, 3.05) is 20.2 Å². The highest BCUT2D eigenvalue weighted by Gasteiger charge is 2.59. The number of nitrogens with zero attached hydrogens (tertiary/aromatic N) is 4. The molecule has 5 rings (SSSR count). The number of pyridine rings is 1. The van der Waals surface area contributed by atoms with Gasteiger partial charge in [-0.15, -0.1) is 0 Å². The third-order valence-corrected chi connectivity index (χ3v) is 8.63. The molecule has 1 aliphatic carbocycles. The fourth-order valence-electron chi connectivity index (χ4n) is 4.59. The molecule has 2 aliphatic rings. The molecule has 8 nitrogen and oxygen atoms in total. The molecule has 0 bridgehead atoms. The van der Waals surface area contributed by atoms with Crippen LogP contribution in [0.2, 0.25) is 0 Å². The zero-order chi connectivity index (χ0) is 21.6. The van der Waals surface area contributed by atoms with Crippen molar-refractivity contribution in [1.82, 2.24) is 19.4 Å². The number of aryl methyl sites for hydroxylation is 1. The number of aromatic nitrogens is 3. The molecular weight excluding hydrogens is 416 g/mol. The summed E-state index contributed by atoms with van der Waals surface area (Å²) >= 11 is 0. The van der Waals surface area contributed by atoms with E-state index in [1.807, 2.05) is 12.1 Å². The molecule has 0 amide bonds. The molecule has 2 aromatic heterocycles. The molecule has 3 aromatic rings. The first-order chi connectivity index (χ1) is 14.9. The van der Waals surface area contributed by atoms with Crippen LogP contribution in [0, 0.1) is 12.3 Å². The SMILES string of the molecule is COc1ccc(S(=O)(=O)N2CCC3(CC2)C[C@@H]3c2nc(-c3cccnc3)no2)c(C)c1. The average molecular weight is 441 g/mol. The average Bonchev–Trinajstić information content (AvgIpc) is 3.25. The first-order valence-corrected chi connectivity index (χ1v) is 11.8. The van der Waals surface area contributed by atoms with Crippen molar-refractivity contribution in [3.05, 3.63) is 54.2 Å². The number of hydrogen-bond acceptors (Lipinski definition) is 7. The number of rotatable bonds is 5. The zero-order valence-electron chi connectivity index (χ0n) is 17.5. The summed E-state index contributed by atoms with van der Waals surface area (Å²) < 4.78 is 38.7. The van der Waals surface area contributed by atoms with Crippen molar-refractivity contribution in [3.8, 4) is 17.1 Å². The summed E-state index contributed by atoms with van der Waals surface area (Å²) in [7, 11) is -1.96. The molecule has 9 heteroatoms. The minimum Gasteiger partial charge on any atom is -0.497 e. The van der Waals surface area contributed by atoms with E-state index in [1.54, 1.807) is 48.9 Å². The van der Waals surface area contributed by atoms with Gasteiger partial charge in [0.05, 0.1) is 12.0 Å². The van der Waals surface area contributed by atoms with Gasteiger partial charge in [0, 0.05) is 37.0 Å². The van der Waals surface area contributed by atoms with Crippen LogP contribution >= 0.6 is 0 Å². The summed E-state index contributed by atoms with van der Waals surface area (Å²) in [6, 6.07) is 8.81. The van der Waals surface area contributed by atoms with Crippen molar-refractivity contribution in [2.45, 2.75) is 37.0 Å². The van der Waals surface area contributed by atoms with E-state index in [4.69, 9.17) is 9.26 Å². The van der Waals surface area contributed by atoms with Crippen molar-refractivity contribution in [2.24, 2.45) is 5.41 Å². The van der Waals surface area contributed by atoms with Crippen LogP contribution in [0.5, 0.6) is 5.75 Å². The molecule has 1 saturated carbocycles. The van der Waals surface area contributed by atoms with Crippen molar-refractivity contribution in [3.63, 3.8) is 0 Å². The summed E-state index contributed by atoms with van der Waals surface area (Å²) in [6.07, 6.45) is 5.95. The summed E-state index contributed by atoms with van der Waals surface area (Å²) in [5.74, 6) is 2.03. The Hall–Kier alpha value is -2.78. The minimum absolute atomic E-state index is 0.0553. The molecule has 0 N–H and O–H groups in total. The van der Waals surface area contributed by atoms with Crippen LogP contribution in [-0.4, -0.2) is 48.0 Å². The number of piperidine rings is 1. The van der Waals surface area contributed by atoms with Crippen LogP contribution in [0.25, 0.3) is 11.4 Å². The molecule has 0 unspecified atom stereocenters. The molecule has 2 fully saturated rings. The lowest BCUT2D eigenvalue weighted by Crippen LogP contribution is -2.39. The Bertz CT molecular complexity index is 1200. The molecule has 1 saturated heterocycles. The monoisotopic (exact) mass is 440 g/mol. The Morgan fingerprint density at radius 1 is 1.23 bits per heavy atom. The number of hydrogen-bond donors (Lipinski definition) is 0. The zero-order valence-corrected chi connectivity index (χ0v) is 18.3. The molecule has 1 aliphatic heterocycles. The summed E-state index contributed by atoms with van der Waals surface area (Å²) in [6.45, 7) is 2.79. The number of benzene rings is 1. The number of ether oxygens (including phenoxy) is 1. The van der Waals surface area contributed by atoms with Crippen LogP contribution < -0.4 is 4.74 Å². The van der Waals surface area contributed by atoms with Gasteiger partial charge in [-0.2, -0.15) is 9.29 Å². The van der Waals surface area contributed by atoms with Gasteiger partial charge in [0.2, 0.25) is 21.7 Å². The van der Waals surface area contributed by atoms with Gasteiger partial charge in [0.15, 0.2) is 0 Å². The molecule has 3 heterocycles. The largest absolute Gasteiger partial charge is 0.497 e. The molecule has 1 spiro atoms. The maximum absolute atomic E-state index is 13.2. The standard InChI is InChI=1S/C22H24N4O4S/c1-15-12-17(29-2)5-6-19(15)31(27,28)26-10-7-22(8-11-26)13-18(22)21-24-20(25-30-21)16-4-3-9-23-14-16/h3-6,9,12,14,18H,7-8,10-11,13H2,1-2H3/t18-/m1/s1. The third kappa shape index (κ3) is 3.51. The second-order valence-electron chi connectivity index (χ2n) is 8.35. The van der Waals surface area contributed by atoms with Gasteiger partial charge >= 0.3 is 0 Å². The van der Waals surface area contributed by atoms with Crippen molar-refractivity contribution < 1.29 is 17.7 Å². The highest BCUT2D eigenvalue weighted by molar-refractivity contribution is 7.89. The van der Waals surface area contributed by atoms with E-state index in [2.05, 4.69) is 15.1 Å². The predicted octanol–water partition coefficient (Wildman–Crippen LogP) is 3.41. The van der Waals surface area contributed by atoms with Gasteiger partial charge in [-0.05, 0) is 67.5 Å². The van der Waals surface area contributed by atoms with E-state index in [1.165, 1.54) is 0 Å². The van der Waals surface area contributed by atoms with Gasteiger partial charge in [0.25, 0.3) is 0 Å². The van der Waals surface area contributed by atoms with E-state index in [0.717, 1.165) is 24.8 Å². The number of sulfonamides is 1. The topological polar surface area (TPSA) is 98.4 Å². The first kappa shape index (κ1) is 20.1. The van der Waals surface area contributed by atoms with E-state index in [0.29, 0.717) is 41.0 Å². The van der Waals surface area contributed by atoms with Crippen LogP contribution in [0.1, 0.15) is 36.6 Å². The van der Waals surface area contributed by atoms with E-state index < -0.39 is 10.0 Å². The van der Waals surface area contributed by atoms with Crippen LogP contribution in [0.15, 0.2) is 52.1 Å². The van der Waals surface area contributed by atoms with Gasteiger partial charge in [-0.25, -0.2) is 8.42 Å². The summed E-state index contributed by atoms with van der Waals surface area (Å²) in [5.41, 5.74) is 1.57. The predicted molar refractivity (Wildman–Crippen MR) is 113 cm³/mol. The van der Waals surface area contributed by atoms with E-state index in [-0.39, 0.29) is 11.3 Å².